The lowest BCUT2D eigenvalue weighted by Crippen LogP contribution is -2.45. The van der Waals surface area contributed by atoms with Gasteiger partial charge in [-0.25, -0.2) is 0 Å². The Balaban J connectivity index is 1.63. The molecular formula is C14H26N2O. The van der Waals surface area contributed by atoms with Crippen molar-refractivity contribution in [3.63, 3.8) is 0 Å². The van der Waals surface area contributed by atoms with Crippen LogP contribution in [0.25, 0.3) is 0 Å². The highest BCUT2D eigenvalue weighted by Gasteiger charge is 2.44. The van der Waals surface area contributed by atoms with Gasteiger partial charge in [-0.3, -0.25) is 5.32 Å². The third-order valence-corrected chi connectivity index (χ3v) is 5.01. The Kier molecular flexibility index (Phi) is 3.42. The molecule has 0 bridgehead atoms. The van der Waals surface area contributed by atoms with E-state index >= 15 is 0 Å². The summed E-state index contributed by atoms with van der Waals surface area (Å²) in [6.07, 6.45) is 10.9. The predicted octanol–water partition coefficient (Wildman–Crippen LogP) is 2.12. The number of nitrogens with zero attached hydrogens (tertiary/aromatic N) is 1. The summed E-state index contributed by atoms with van der Waals surface area (Å²) >= 11 is 0. The quantitative estimate of drug-likeness (QED) is 0.797. The molecule has 2 aliphatic heterocycles. The van der Waals surface area contributed by atoms with Gasteiger partial charge in [-0.1, -0.05) is 0 Å². The predicted molar refractivity (Wildman–Crippen MR) is 69.0 cm³/mol. The van der Waals surface area contributed by atoms with Crippen molar-refractivity contribution in [3.8, 4) is 0 Å². The molecule has 2 saturated heterocycles. The van der Waals surface area contributed by atoms with Crippen LogP contribution in [0.1, 0.15) is 51.4 Å². The van der Waals surface area contributed by atoms with E-state index in [9.17, 15) is 0 Å². The summed E-state index contributed by atoms with van der Waals surface area (Å²) in [4.78, 5) is 2.72. The molecule has 0 amide bonds. The molecule has 2 heterocycles. The number of nitrogens with one attached hydrogen (secondary N) is 1. The van der Waals surface area contributed by atoms with Crippen molar-refractivity contribution < 1.29 is 4.74 Å². The van der Waals surface area contributed by atoms with Crippen molar-refractivity contribution >= 4 is 0 Å². The molecule has 0 aromatic rings. The van der Waals surface area contributed by atoms with E-state index in [1.807, 2.05) is 7.05 Å². The summed E-state index contributed by atoms with van der Waals surface area (Å²) < 4.78 is 6.29. The fourth-order valence-electron chi connectivity index (χ4n) is 4.06. The van der Waals surface area contributed by atoms with E-state index in [2.05, 4.69) is 10.2 Å². The van der Waals surface area contributed by atoms with Crippen LogP contribution in [-0.4, -0.2) is 42.9 Å². The minimum absolute atomic E-state index is 0.221. The van der Waals surface area contributed by atoms with Gasteiger partial charge in [0, 0.05) is 6.04 Å². The molecule has 0 radical (unpaired) electrons. The van der Waals surface area contributed by atoms with E-state index in [-0.39, 0.29) is 5.60 Å². The minimum Gasteiger partial charge on any atom is -0.357 e. The molecule has 0 aromatic heterocycles. The second-order valence-corrected chi connectivity index (χ2v) is 6.11. The monoisotopic (exact) mass is 238 g/mol. The van der Waals surface area contributed by atoms with Gasteiger partial charge in [-0.15, -0.1) is 0 Å². The average molecular weight is 238 g/mol. The van der Waals surface area contributed by atoms with E-state index in [0.717, 1.165) is 6.04 Å². The van der Waals surface area contributed by atoms with Crippen LogP contribution in [0.4, 0.5) is 0 Å². The number of likely N-dealkylation sites (tertiary alicyclic amines) is 1. The molecule has 1 N–H and O–H groups in total. The summed E-state index contributed by atoms with van der Waals surface area (Å²) in [6.45, 7) is 2.66. The molecule has 1 aliphatic carbocycles. The lowest BCUT2D eigenvalue weighted by molar-refractivity contribution is -0.0877. The topological polar surface area (TPSA) is 24.5 Å². The van der Waals surface area contributed by atoms with E-state index in [1.54, 1.807) is 0 Å². The third-order valence-electron chi connectivity index (χ3n) is 5.01. The first-order valence-electron chi connectivity index (χ1n) is 7.40. The van der Waals surface area contributed by atoms with Gasteiger partial charge in [-0.2, -0.15) is 0 Å². The van der Waals surface area contributed by atoms with Crippen molar-refractivity contribution in [1.29, 1.82) is 0 Å². The summed E-state index contributed by atoms with van der Waals surface area (Å²) in [5.41, 5.74) is 0.221. The summed E-state index contributed by atoms with van der Waals surface area (Å²) in [5, 5.41) is 3.28. The molecule has 3 fully saturated rings. The maximum atomic E-state index is 6.29. The lowest BCUT2D eigenvalue weighted by Gasteiger charge is -2.41. The molecule has 3 atom stereocenters. The Bertz CT molecular complexity index is 265. The molecule has 3 rings (SSSR count). The van der Waals surface area contributed by atoms with Gasteiger partial charge in [0.25, 0.3) is 0 Å². The van der Waals surface area contributed by atoms with Gasteiger partial charge in [0.1, 0.15) is 6.23 Å². The van der Waals surface area contributed by atoms with Crippen molar-refractivity contribution in [2.75, 3.05) is 20.1 Å². The second-order valence-electron chi connectivity index (χ2n) is 6.11. The molecule has 17 heavy (non-hydrogen) atoms. The molecule has 98 valence electrons. The van der Waals surface area contributed by atoms with Crippen LogP contribution in [0.2, 0.25) is 0 Å². The number of rotatable bonds is 2. The SMILES string of the molecule is CNC1CCC2(CCCC(N3CCCC3)C2)O1. The van der Waals surface area contributed by atoms with E-state index in [1.165, 1.54) is 64.5 Å². The smallest absolute Gasteiger partial charge is 0.108 e. The maximum absolute atomic E-state index is 6.29. The molecule has 3 heteroatoms. The van der Waals surface area contributed by atoms with Gasteiger partial charge in [0.05, 0.1) is 5.60 Å². The zero-order valence-electron chi connectivity index (χ0n) is 11.1. The summed E-state index contributed by atoms with van der Waals surface area (Å²) in [6, 6.07) is 0.807. The van der Waals surface area contributed by atoms with Crippen LogP contribution >= 0.6 is 0 Å². The first-order valence-corrected chi connectivity index (χ1v) is 7.40. The van der Waals surface area contributed by atoms with E-state index in [4.69, 9.17) is 4.74 Å². The Morgan fingerprint density at radius 2 is 1.94 bits per heavy atom. The molecule has 0 aromatic carbocycles. The van der Waals surface area contributed by atoms with Crippen LogP contribution in [0.15, 0.2) is 0 Å². The molecule has 3 aliphatic rings. The maximum Gasteiger partial charge on any atom is 0.108 e. The molecule has 1 spiro atoms. The second kappa shape index (κ2) is 4.87. The van der Waals surface area contributed by atoms with Gasteiger partial charge in [0.15, 0.2) is 0 Å². The van der Waals surface area contributed by atoms with Crippen LogP contribution in [0.3, 0.4) is 0 Å². The Morgan fingerprint density at radius 1 is 1.12 bits per heavy atom. The van der Waals surface area contributed by atoms with E-state index in [0.29, 0.717) is 6.23 Å². The lowest BCUT2D eigenvalue weighted by atomic mass is 9.79. The van der Waals surface area contributed by atoms with Gasteiger partial charge in [-0.05, 0) is 71.5 Å². The van der Waals surface area contributed by atoms with Crippen molar-refractivity contribution in [1.82, 2.24) is 10.2 Å². The Labute approximate surface area is 105 Å². The Morgan fingerprint density at radius 3 is 2.65 bits per heavy atom. The third kappa shape index (κ3) is 2.38. The highest BCUT2D eigenvalue weighted by atomic mass is 16.5. The van der Waals surface area contributed by atoms with Crippen molar-refractivity contribution in [2.24, 2.45) is 0 Å². The zero-order chi connectivity index (χ0) is 11.7. The van der Waals surface area contributed by atoms with Gasteiger partial charge >= 0.3 is 0 Å². The standard InChI is InChI=1S/C14H26N2O/c1-15-13-6-8-14(17-13)7-4-5-12(11-14)16-9-2-3-10-16/h12-13,15H,2-11H2,1H3. The minimum atomic E-state index is 0.221. The number of ether oxygens (including phenoxy) is 1. The molecule has 3 nitrogen and oxygen atoms in total. The molecule has 3 unspecified atom stereocenters. The average Bonchev–Trinajstić information content (AvgIpc) is 2.99. The van der Waals surface area contributed by atoms with Crippen LogP contribution < -0.4 is 5.32 Å². The highest BCUT2D eigenvalue weighted by molar-refractivity contribution is 4.96. The normalized spacial score (nSPS) is 43.6. The zero-order valence-corrected chi connectivity index (χ0v) is 11.1. The first-order chi connectivity index (χ1) is 8.31. The number of hydrogen-bond donors (Lipinski definition) is 1. The molecular weight excluding hydrogens is 212 g/mol. The summed E-state index contributed by atoms with van der Waals surface area (Å²) in [5.74, 6) is 0. The van der Waals surface area contributed by atoms with E-state index < -0.39 is 0 Å². The van der Waals surface area contributed by atoms with Crippen LogP contribution in [0, 0.1) is 0 Å². The molecule has 1 saturated carbocycles. The first kappa shape index (κ1) is 11.9. The van der Waals surface area contributed by atoms with Crippen LogP contribution in [0.5, 0.6) is 0 Å². The van der Waals surface area contributed by atoms with Crippen LogP contribution in [-0.2, 0) is 4.74 Å². The number of hydrogen-bond acceptors (Lipinski definition) is 3. The summed E-state index contributed by atoms with van der Waals surface area (Å²) in [7, 11) is 2.02. The van der Waals surface area contributed by atoms with Gasteiger partial charge in [0.2, 0.25) is 0 Å². The largest absolute Gasteiger partial charge is 0.357 e. The Hall–Kier alpha value is -0.120. The highest BCUT2D eigenvalue weighted by Crippen LogP contribution is 2.43. The fraction of sp³-hybridized carbons (Fsp3) is 1.00. The van der Waals surface area contributed by atoms with Crippen molar-refractivity contribution in [2.45, 2.75) is 69.2 Å². The fourth-order valence-corrected chi connectivity index (χ4v) is 4.06. The van der Waals surface area contributed by atoms with Gasteiger partial charge < -0.3 is 9.64 Å². The van der Waals surface area contributed by atoms with Crippen molar-refractivity contribution in [3.05, 3.63) is 0 Å².